The second-order valence-corrected chi connectivity index (χ2v) is 3.74. The lowest BCUT2D eigenvalue weighted by Crippen LogP contribution is -2.42. The topological polar surface area (TPSA) is 75.1 Å². The molecule has 0 aliphatic carbocycles. The van der Waals surface area contributed by atoms with E-state index in [0.29, 0.717) is 6.42 Å². The number of rotatable bonds is 2. The molecule has 5 heteroatoms. The Morgan fingerprint density at radius 2 is 2.20 bits per heavy atom. The molecule has 0 amide bonds. The summed E-state index contributed by atoms with van der Waals surface area (Å²) in [6, 6.07) is -0.441. The zero-order valence-electron chi connectivity index (χ0n) is 8.26. The Labute approximate surface area is 87.6 Å². The lowest BCUT2D eigenvalue weighted by molar-refractivity contribution is -0.140. The first kappa shape index (κ1) is 10.0. The van der Waals surface area contributed by atoms with Crippen molar-refractivity contribution in [1.29, 1.82) is 0 Å². The standard InChI is InChI=1S/C10H13N3O2/c14-10(15)9-3-7(1-2-13-9)8-4-11-6-12-5-8/h4-7,9,13H,1-3H2,(H,14,15). The van der Waals surface area contributed by atoms with Gasteiger partial charge in [-0.05, 0) is 30.9 Å². The normalized spacial score (nSPS) is 26.1. The summed E-state index contributed by atoms with van der Waals surface area (Å²) in [6.45, 7) is 0.733. The predicted molar refractivity (Wildman–Crippen MR) is 53.4 cm³/mol. The van der Waals surface area contributed by atoms with Gasteiger partial charge in [-0.25, -0.2) is 9.97 Å². The van der Waals surface area contributed by atoms with Gasteiger partial charge in [-0.3, -0.25) is 4.79 Å². The van der Waals surface area contributed by atoms with E-state index in [-0.39, 0.29) is 5.92 Å². The Hall–Kier alpha value is -1.49. The van der Waals surface area contributed by atoms with Crippen molar-refractivity contribution in [3.63, 3.8) is 0 Å². The molecule has 0 saturated carbocycles. The van der Waals surface area contributed by atoms with Crippen molar-refractivity contribution in [3.05, 3.63) is 24.3 Å². The van der Waals surface area contributed by atoms with Crippen LogP contribution in [0.15, 0.2) is 18.7 Å². The van der Waals surface area contributed by atoms with E-state index in [2.05, 4.69) is 15.3 Å². The summed E-state index contributed by atoms with van der Waals surface area (Å²) >= 11 is 0. The molecule has 1 saturated heterocycles. The maximum Gasteiger partial charge on any atom is 0.320 e. The maximum atomic E-state index is 10.8. The van der Waals surface area contributed by atoms with Crippen molar-refractivity contribution in [3.8, 4) is 0 Å². The summed E-state index contributed by atoms with van der Waals surface area (Å²) in [7, 11) is 0. The molecule has 0 bridgehead atoms. The molecule has 1 fully saturated rings. The van der Waals surface area contributed by atoms with E-state index < -0.39 is 12.0 Å². The highest BCUT2D eigenvalue weighted by molar-refractivity contribution is 5.73. The molecule has 1 aliphatic rings. The van der Waals surface area contributed by atoms with Gasteiger partial charge in [-0.2, -0.15) is 0 Å². The molecule has 1 aliphatic heterocycles. The van der Waals surface area contributed by atoms with Gasteiger partial charge in [0.1, 0.15) is 12.4 Å². The SMILES string of the molecule is O=C(O)C1CC(c2cncnc2)CCN1. The van der Waals surface area contributed by atoms with Crippen LogP contribution < -0.4 is 5.32 Å². The molecule has 0 radical (unpaired) electrons. The third kappa shape index (κ3) is 2.30. The van der Waals surface area contributed by atoms with Crippen LogP contribution in [0.3, 0.4) is 0 Å². The van der Waals surface area contributed by atoms with Crippen LogP contribution in [0.25, 0.3) is 0 Å². The van der Waals surface area contributed by atoms with Crippen LogP contribution >= 0.6 is 0 Å². The minimum atomic E-state index is -0.781. The maximum absolute atomic E-state index is 10.8. The number of piperidine rings is 1. The summed E-state index contributed by atoms with van der Waals surface area (Å²) in [5, 5.41) is 11.9. The molecule has 5 nitrogen and oxygen atoms in total. The van der Waals surface area contributed by atoms with Gasteiger partial charge < -0.3 is 10.4 Å². The van der Waals surface area contributed by atoms with E-state index in [0.717, 1.165) is 18.5 Å². The minimum absolute atomic E-state index is 0.258. The highest BCUT2D eigenvalue weighted by Gasteiger charge is 2.27. The van der Waals surface area contributed by atoms with Crippen molar-refractivity contribution < 1.29 is 9.90 Å². The molecule has 1 aromatic heterocycles. The second-order valence-electron chi connectivity index (χ2n) is 3.74. The van der Waals surface area contributed by atoms with Gasteiger partial charge in [-0.1, -0.05) is 0 Å². The van der Waals surface area contributed by atoms with Crippen LogP contribution in [0.1, 0.15) is 24.3 Å². The molecule has 15 heavy (non-hydrogen) atoms. The monoisotopic (exact) mass is 207 g/mol. The average Bonchev–Trinajstić information content (AvgIpc) is 2.30. The number of aromatic nitrogens is 2. The van der Waals surface area contributed by atoms with Gasteiger partial charge >= 0.3 is 5.97 Å². The van der Waals surface area contributed by atoms with Crippen molar-refractivity contribution in [1.82, 2.24) is 15.3 Å². The number of carboxylic acid groups (broad SMARTS) is 1. The van der Waals surface area contributed by atoms with E-state index in [1.54, 1.807) is 12.4 Å². The lowest BCUT2D eigenvalue weighted by Gasteiger charge is -2.27. The number of hydrogen-bond acceptors (Lipinski definition) is 4. The van der Waals surface area contributed by atoms with Crippen molar-refractivity contribution in [2.45, 2.75) is 24.8 Å². The van der Waals surface area contributed by atoms with Crippen molar-refractivity contribution >= 4 is 5.97 Å². The van der Waals surface area contributed by atoms with Crippen molar-refractivity contribution in [2.24, 2.45) is 0 Å². The summed E-state index contributed by atoms with van der Waals surface area (Å²) in [5.41, 5.74) is 1.03. The number of carboxylic acids is 1. The van der Waals surface area contributed by atoms with E-state index in [1.165, 1.54) is 6.33 Å². The Morgan fingerprint density at radius 1 is 1.47 bits per heavy atom. The highest BCUT2D eigenvalue weighted by atomic mass is 16.4. The molecule has 2 N–H and O–H groups in total. The zero-order valence-corrected chi connectivity index (χ0v) is 8.26. The fourth-order valence-corrected chi connectivity index (χ4v) is 1.93. The Bertz CT molecular complexity index is 342. The lowest BCUT2D eigenvalue weighted by atomic mass is 9.88. The summed E-state index contributed by atoms with van der Waals surface area (Å²) in [5.74, 6) is -0.523. The fourth-order valence-electron chi connectivity index (χ4n) is 1.93. The molecule has 2 atom stereocenters. The largest absolute Gasteiger partial charge is 0.480 e. The van der Waals surface area contributed by atoms with Gasteiger partial charge in [0, 0.05) is 12.4 Å². The number of carbonyl (C=O) groups is 1. The quantitative estimate of drug-likeness (QED) is 0.734. The zero-order chi connectivity index (χ0) is 10.7. The third-order valence-electron chi connectivity index (χ3n) is 2.75. The van der Waals surface area contributed by atoms with Crippen LogP contribution in [-0.2, 0) is 4.79 Å². The first-order valence-corrected chi connectivity index (χ1v) is 4.98. The Kier molecular flexibility index (Phi) is 2.91. The second kappa shape index (κ2) is 4.35. The van der Waals surface area contributed by atoms with Gasteiger partial charge in [0.25, 0.3) is 0 Å². The summed E-state index contributed by atoms with van der Waals surface area (Å²) < 4.78 is 0. The first-order chi connectivity index (χ1) is 7.27. The smallest absolute Gasteiger partial charge is 0.320 e. The molecule has 80 valence electrons. The third-order valence-corrected chi connectivity index (χ3v) is 2.75. The summed E-state index contributed by atoms with van der Waals surface area (Å²) in [6.07, 6.45) is 6.57. The molecule has 2 rings (SSSR count). The molecule has 2 unspecified atom stereocenters. The number of nitrogens with zero attached hydrogens (tertiary/aromatic N) is 2. The average molecular weight is 207 g/mol. The Morgan fingerprint density at radius 3 is 2.87 bits per heavy atom. The fraction of sp³-hybridized carbons (Fsp3) is 0.500. The van der Waals surface area contributed by atoms with Gasteiger partial charge in [-0.15, -0.1) is 0 Å². The molecule has 0 spiro atoms. The molecule has 1 aromatic rings. The predicted octanol–water partition coefficient (Wildman–Crippen LogP) is 0.397. The van der Waals surface area contributed by atoms with E-state index in [4.69, 9.17) is 5.11 Å². The van der Waals surface area contributed by atoms with E-state index >= 15 is 0 Å². The van der Waals surface area contributed by atoms with Crippen LogP contribution in [0, 0.1) is 0 Å². The van der Waals surface area contributed by atoms with E-state index in [1.807, 2.05) is 0 Å². The van der Waals surface area contributed by atoms with Crippen LogP contribution in [0.5, 0.6) is 0 Å². The van der Waals surface area contributed by atoms with Crippen LogP contribution in [-0.4, -0.2) is 33.6 Å². The Balaban J connectivity index is 2.08. The highest BCUT2D eigenvalue weighted by Crippen LogP contribution is 2.26. The summed E-state index contributed by atoms with van der Waals surface area (Å²) in [4.78, 5) is 18.7. The van der Waals surface area contributed by atoms with Gasteiger partial charge in [0.15, 0.2) is 0 Å². The molecule has 0 aromatic carbocycles. The number of hydrogen-bond donors (Lipinski definition) is 2. The molecule has 2 heterocycles. The minimum Gasteiger partial charge on any atom is -0.480 e. The van der Waals surface area contributed by atoms with E-state index in [9.17, 15) is 4.79 Å². The van der Waals surface area contributed by atoms with Crippen LogP contribution in [0.2, 0.25) is 0 Å². The van der Waals surface area contributed by atoms with Gasteiger partial charge in [0.05, 0.1) is 0 Å². The first-order valence-electron chi connectivity index (χ1n) is 4.98. The van der Waals surface area contributed by atoms with Crippen molar-refractivity contribution in [2.75, 3.05) is 6.54 Å². The van der Waals surface area contributed by atoms with Crippen LogP contribution in [0.4, 0.5) is 0 Å². The van der Waals surface area contributed by atoms with Gasteiger partial charge in [0.2, 0.25) is 0 Å². The molecular weight excluding hydrogens is 194 g/mol. The molecular formula is C10H13N3O2. The number of nitrogens with one attached hydrogen (secondary N) is 1. The number of aliphatic carboxylic acids is 1.